The number of ether oxygens (including phenoxy) is 1. The molecular formula is C15H26N2O4. The van der Waals surface area contributed by atoms with E-state index in [9.17, 15) is 14.4 Å². The second kappa shape index (κ2) is 6.91. The molecule has 0 aromatic heterocycles. The normalized spacial score (nSPS) is 17.1. The fraction of sp³-hybridized carbons (Fsp3) is 0.800. The summed E-state index contributed by atoms with van der Waals surface area (Å²) in [7, 11) is 0. The number of amides is 2. The van der Waals surface area contributed by atoms with Gasteiger partial charge in [0.25, 0.3) is 0 Å². The fourth-order valence-corrected chi connectivity index (χ4v) is 2.42. The molecule has 0 unspecified atom stereocenters. The van der Waals surface area contributed by atoms with Crippen LogP contribution in [0.3, 0.4) is 0 Å². The summed E-state index contributed by atoms with van der Waals surface area (Å²) in [5, 5.41) is 5.39. The van der Waals surface area contributed by atoms with E-state index in [0.717, 1.165) is 12.8 Å². The van der Waals surface area contributed by atoms with Crippen LogP contribution in [-0.4, -0.2) is 35.5 Å². The number of carbonyl (C=O) groups excluding carboxylic acids is 3. The third-order valence-electron chi connectivity index (χ3n) is 3.35. The fourth-order valence-electron chi connectivity index (χ4n) is 2.42. The topological polar surface area (TPSA) is 84.5 Å². The van der Waals surface area contributed by atoms with Crippen LogP contribution in [0.4, 0.5) is 0 Å². The molecule has 1 aliphatic rings. The Morgan fingerprint density at radius 2 is 1.71 bits per heavy atom. The van der Waals surface area contributed by atoms with E-state index < -0.39 is 11.1 Å². The van der Waals surface area contributed by atoms with E-state index in [1.807, 2.05) is 20.8 Å². The minimum atomic E-state index is -0.902. The average Bonchev–Trinajstić information content (AvgIpc) is 2.75. The Bertz CT molecular complexity index is 406. The second-order valence-corrected chi connectivity index (χ2v) is 6.57. The SMILES string of the molecule is CC(=O)NCCC(=O)NC1(C(=O)OC(C)(C)C)CCCC1. The molecule has 0 atom stereocenters. The van der Waals surface area contributed by atoms with Crippen LogP contribution in [0.5, 0.6) is 0 Å². The minimum Gasteiger partial charge on any atom is -0.458 e. The van der Waals surface area contributed by atoms with Crippen LogP contribution in [0.15, 0.2) is 0 Å². The van der Waals surface area contributed by atoms with Gasteiger partial charge in [-0.3, -0.25) is 9.59 Å². The van der Waals surface area contributed by atoms with Gasteiger partial charge in [0.05, 0.1) is 0 Å². The van der Waals surface area contributed by atoms with Crippen molar-refractivity contribution in [2.45, 2.75) is 70.9 Å². The quantitative estimate of drug-likeness (QED) is 0.749. The van der Waals surface area contributed by atoms with E-state index >= 15 is 0 Å². The van der Waals surface area contributed by atoms with E-state index in [-0.39, 0.29) is 30.7 Å². The molecule has 21 heavy (non-hydrogen) atoms. The number of esters is 1. The lowest BCUT2D eigenvalue weighted by Gasteiger charge is -2.32. The van der Waals surface area contributed by atoms with Crippen LogP contribution in [-0.2, 0) is 19.1 Å². The number of nitrogens with one attached hydrogen (secondary N) is 2. The summed E-state index contributed by atoms with van der Waals surface area (Å²) in [6, 6.07) is 0. The maximum absolute atomic E-state index is 12.4. The Morgan fingerprint density at radius 3 is 2.19 bits per heavy atom. The lowest BCUT2D eigenvalue weighted by Crippen LogP contribution is -2.55. The van der Waals surface area contributed by atoms with Gasteiger partial charge in [-0.2, -0.15) is 0 Å². The van der Waals surface area contributed by atoms with E-state index in [4.69, 9.17) is 4.74 Å². The van der Waals surface area contributed by atoms with Gasteiger partial charge in [0, 0.05) is 19.9 Å². The molecule has 2 amide bonds. The van der Waals surface area contributed by atoms with Gasteiger partial charge in [-0.05, 0) is 33.6 Å². The van der Waals surface area contributed by atoms with Crippen molar-refractivity contribution in [3.8, 4) is 0 Å². The predicted molar refractivity (Wildman–Crippen MR) is 78.5 cm³/mol. The predicted octanol–water partition coefficient (Wildman–Crippen LogP) is 1.28. The van der Waals surface area contributed by atoms with E-state index in [0.29, 0.717) is 12.8 Å². The first kappa shape index (κ1) is 17.5. The molecule has 1 aliphatic carbocycles. The highest BCUT2D eigenvalue weighted by atomic mass is 16.6. The van der Waals surface area contributed by atoms with Crippen molar-refractivity contribution in [1.82, 2.24) is 10.6 Å². The largest absolute Gasteiger partial charge is 0.458 e. The van der Waals surface area contributed by atoms with Crippen molar-refractivity contribution in [3.63, 3.8) is 0 Å². The van der Waals surface area contributed by atoms with Crippen molar-refractivity contribution >= 4 is 17.8 Å². The molecule has 0 bridgehead atoms. The van der Waals surface area contributed by atoms with Crippen LogP contribution in [0.2, 0.25) is 0 Å². The molecule has 0 spiro atoms. The zero-order valence-corrected chi connectivity index (χ0v) is 13.4. The summed E-state index contributed by atoms with van der Waals surface area (Å²) in [4.78, 5) is 35.2. The Morgan fingerprint density at radius 1 is 1.14 bits per heavy atom. The summed E-state index contributed by atoms with van der Waals surface area (Å²) >= 11 is 0. The first-order valence-electron chi connectivity index (χ1n) is 7.43. The maximum Gasteiger partial charge on any atom is 0.332 e. The molecule has 2 N–H and O–H groups in total. The van der Waals surface area contributed by atoms with Gasteiger partial charge in [-0.1, -0.05) is 12.8 Å². The first-order chi connectivity index (χ1) is 9.65. The molecule has 0 radical (unpaired) electrons. The third-order valence-corrected chi connectivity index (χ3v) is 3.35. The lowest BCUT2D eigenvalue weighted by atomic mass is 9.97. The van der Waals surface area contributed by atoms with E-state index in [1.54, 1.807) is 0 Å². The molecule has 1 rings (SSSR count). The lowest BCUT2D eigenvalue weighted by molar-refractivity contribution is -0.164. The monoisotopic (exact) mass is 298 g/mol. The zero-order valence-electron chi connectivity index (χ0n) is 13.4. The molecule has 0 saturated heterocycles. The van der Waals surface area contributed by atoms with Crippen molar-refractivity contribution in [2.24, 2.45) is 0 Å². The molecule has 0 heterocycles. The summed E-state index contributed by atoms with van der Waals surface area (Å²) in [5.41, 5.74) is -1.48. The first-order valence-corrected chi connectivity index (χ1v) is 7.43. The number of hydrogen-bond acceptors (Lipinski definition) is 4. The molecule has 0 aliphatic heterocycles. The molecule has 120 valence electrons. The number of carbonyl (C=O) groups is 3. The van der Waals surface area contributed by atoms with Crippen LogP contribution in [0, 0.1) is 0 Å². The van der Waals surface area contributed by atoms with Crippen molar-refractivity contribution in [1.29, 1.82) is 0 Å². The van der Waals surface area contributed by atoms with Crippen LogP contribution >= 0.6 is 0 Å². The summed E-state index contributed by atoms with van der Waals surface area (Å²) < 4.78 is 5.45. The highest BCUT2D eigenvalue weighted by Crippen LogP contribution is 2.32. The van der Waals surface area contributed by atoms with E-state index in [2.05, 4.69) is 10.6 Å². The van der Waals surface area contributed by atoms with Crippen LogP contribution in [0.25, 0.3) is 0 Å². The van der Waals surface area contributed by atoms with Crippen molar-refractivity contribution < 1.29 is 19.1 Å². The van der Waals surface area contributed by atoms with Gasteiger partial charge in [0.15, 0.2) is 0 Å². The molecule has 6 heteroatoms. The maximum atomic E-state index is 12.4. The smallest absolute Gasteiger partial charge is 0.332 e. The average molecular weight is 298 g/mol. The van der Waals surface area contributed by atoms with Gasteiger partial charge >= 0.3 is 5.97 Å². The number of hydrogen-bond donors (Lipinski definition) is 2. The Hall–Kier alpha value is -1.59. The summed E-state index contributed by atoms with van der Waals surface area (Å²) in [6.07, 6.45) is 3.15. The van der Waals surface area contributed by atoms with E-state index in [1.165, 1.54) is 6.92 Å². The highest BCUT2D eigenvalue weighted by Gasteiger charge is 2.45. The zero-order chi connectivity index (χ0) is 16.1. The molecule has 6 nitrogen and oxygen atoms in total. The molecule has 1 fully saturated rings. The van der Waals surface area contributed by atoms with Crippen molar-refractivity contribution in [2.75, 3.05) is 6.54 Å². The highest BCUT2D eigenvalue weighted by molar-refractivity contribution is 5.88. The minimum absolute atomic E-state index is 0.157. The third kappa shape index (κ3) is 5.73. The second-order valence-electron chi connectivity index (χ2n) is 6.57. The Kier molecular flexibility index (Phi) is 5.75. The number of rotatable bonds is 5. The van der Waals surface area contributed by atoms with Gasteiger partial charge < -0.3 is 15.4 Å². The molecular weight excluding hydrogens is 272 g/mol. The summed E-state index contributed by atoms with van der Waals surface area (Å²) in [5.74, 6) is -0.776. The Balaban J connectivity index is 2.62. The Labute approximate surface area is 126 Å². The van der Waals surface area contributed by atoms with Crippen molar-refractivity contribution in [3.05, 3.63) is 0 Å². The van der Waals surface area contributed by atoms with Gasteiger partial charge in [-0.15, -0.1) is 0 Å². The van der Waals surface area contributed by atoms with Gasteiger partial charge in [0.1, 0.15) is 11.1 Å². The molecule has 1 saturated carbocycles. The van der Waals surface area contributed by atoms with Crippen LogP contribution < -0.4 is 10.6 Å². The van der Waals surface area contributed by atoms with Crippen LogP contribution in [0.1, 0.15) is 59.8 Å². The molecule has 0 aromatic rings. The summed E-state index contributed by atoms with van der Waals surface area (Å²) in [6.45, 7) is 7.10. The molecule has 0 aromatic carbocycles. The standard InChI is InChI=1S/C15H26N2O4/c1-11(18)16-10-7-12(19)17-15(8-5-6-9-15)13(20)21-14(2,3)4/h5-10H2,1-4H3,(H,16,18)(H,17,19). The van der Waals surface area contributed by atoms with Gasteiger partial charge in [-0.25, -0.2) is 4.79 Å². The van der Waals surface area contributed by atoms with Gasteiger partial charge in [0.2, 0.25) is 11.8 Å².